The average molecular weight is 461 g/mol. The molecule has 0 bridgehead atoms. The van der Waals surface area contributed by atoms with Gasteiger partial charge in [-0.2, -0.15) is 0 Å². The van der Waals surface area contributed by atoms with E-state index in [0.717, 1.165) is 74.6 Å². The molecule has 1 saturated heterocycles. The van der Waals surface area contributed by atoms with Crippen molar-refractivity contribution in [2.45, 2.75) is 57.4 Å². The number of amides is 1. The van der Waals surface area contributed by atoms with Gasteiger partial charge in [0.25, 0.3) is 5.91 Å². The van der Waals surface area contributed by atoms with Crippen molar-refractivity contribution in [1.82, 2.24) is 14.9 Å². The van der Waals surface area contributed by atoms with Crippen LogP contribution in [0.1, 0.15) is 62.4 Å². The molecule has 168 valence electrons. The van der Waals surface area contributed by atoms with Crippen LogP contribution in [0.4, 0.5) is 5.82 Å². The second-order valence-corrected chi connectivity index (χ2v) is 9.61. The summed E-state index contributed by atoms with van der Waals surface area (Å²) < 4.78 is 0. The molecule has 0 saturated carbocycles. The minimum absolute atomic E-state index is 0.140. The molecule has 5 nitrogen and oxygen atoms in total. The van der Waals surface area contributed by atoms with Crippen molar-refractivity contribution in [3.8, 4) is 0 Å². The van der Waals surface area contributed by atoms with Crippen LogP contribution in [0.25, 0.3) is 0 Å². The minimum atomic E-state index is 0.140. The van der Waals surface area contributed by atoms with Crippen LogP contribution in [-0.4, -0.2) is 47.0 Å². The molecule has 0 radical (unpaired) electrons. The predicted molar refractivity (Wildman–Crippen MR) is 130 cm³/mol. The van der Waals surface area contributed by atoms with Gasteiger partial charge >= 0.3 is 0 Å². The molecule has 31 heavy (non-hydrogen) atoms. The molecule has 0 spiro atoms. The Kier molecular flexibility index (Phi) is 9.02. The minimum Gasteiger partial charge on any atom is -0.356 e. The van der Waals surface area contributed by atoms with E-state index in [2.05, 4.69) is 30.7 Å². The monoisotopic (exact) mass is 460 g/mol. The lowest BCUT2D eigenvalue weighted by Crippen LogP contribution is -2.37. The van der Waals surface area contributed by atoms with Gasteiger partial charge in [0.1, 0.15) is 11.0 Å². The number of rotatable bonds is 9. The van der Waals surface area contributed by atoms with Crippen molar-refractivity contribution >= 4 is 35.1 Å². The zero-order valence-corrected chi connectivity index (χ0v) is 20.4. The van der Waals surface area contributed by atoms with E-state index in [1.807, 2.05) is 35.2 Å². The van der Waals surface area contributed by atoms with Crippen LogP contribution in [0, 0.1) is 5.92 Å². The molecule has 1 aliphatic rings. The van der Waals surface area contributed by atoms with Gasteiger partial charge in [0.05, 0.1) is 0 Å². The first-order valence-electron chi connectivity index (χ1n) is 11.3. The van der Waals surface area contributed by atoms with Crippen LogP contribution in [0.15, 0.2) is 35.5 Å². The number of thioether (sulfide) groups is 1. The smallest absolute Gasteiger partial charge is 0.253 e. The van der Waals surface area contributed by atoms with Gasteiger partial charge in [-0.15, -0.1) is 0 Å². The highest BCUT2D eigenvalue weighted by Gasteiger charge is 2.21. The third kappa shape index (κ3) is 6.84. The third-order valence-electron chi connectivity index (χ3n) is 5.61. The quantitative estimate of drug-likeness (QED) is 0.264. The lowest BCUT2D eigenvalue weighted by Gasteiger charge is -2.30. The number of hydrogen-bond acceptors (Lipinski definition) is 5. The predicted octanol–water partition coefficient (Wildman–Crippen LogP) is 5.92. The maximum Gasteiger partial charge on any atom is 0.253 e. The molecule has 1 aromatic carbocycles. The standard InChI is InChI=1S/C24H33ClN4OS/c1-4-12-28(13-5-2)22-16-21(25)26-24(27-22)31-17-19-6-8-20(9-7-19)23(30)29-14-10-18(3)11-15-29/h6-9,16,18H,4-5,10-15,17H2,1-3H3. The summed E-state index contributed by atoms with van der Waals surface area (Å²) in [5.74, 6) is 2.48. The zero-order valence-electron chi connectivity index (χ0n) is 18.8. The topological polar surface area (TPSA) is 49.3 Å². The van der Waals surface area contributed by atoms with Crippen molar-refractivity contribution in [2.75, 3.05) is 31.1 Å². The van der Waals surface area contributed by atoms with Crippen LogP contribution >= 0.6 is 23.4 Å². The molecule has 1 amide bonds. The molecule has 2 aromatic rings. The van der Waals surface area contributed by atoms with E-state index in [9.17, 15) is 4.79 Å². The lowest BCUT2D eigenvalue weighted by molar-refractivity contribution is 0.0697. The van der Waals surface area contributed by atoms with E-state index in [1.165, 1.54) is 0 Å². The van der Waals surface area contributed by atoms with Crippen LogP contribution < -0.4 is 4.90 Å². The Hall–Kier alpha value is -1.79. The Balaban J connectivity index is 1.61. The third-order valence-corrected chi connectivity index (χ3v) is 6.72. The number of halogens is 1. The highest BCUT2D eigenvalue weighted by Crippen LogP contribution is 2.25. The number of carbonyl (C=O) groups is 1. The summed E-state index contributed by atoms with van der Waals surface area (Å²) in [7, 11) is 0. The van der Waals surface area contributed by atoms with E-state index in [0.29, 0.717) is 16.2 Å². The summed E-state index contributed by atoms with van der Waals surface area (Å²) in [5, 5.41) is 1.16. The fraction of sp³-hybridized carbons (Fsp3) is 0.542. The maximum atomic E-state index is 12.7. The van der Waals surface area contributed by atoms with Gasteiger partial charge in [0.15, 0.2) is 5.16 Å². The van der Waals surface area contributed by atoms with Crippen LogP contribution in [0.3, 0.4) is 0 Å². The normalized spacial score (nSPS) is 14.6. The Morgan fingerprint density at radius 3 is 2.39 bits per heavy atom. The Morgan fingerprint density at radius 1 is 1.13 bits per heavy atom. The van der Waals surface area contributed by atoms with E-state index in [-0.39, 0.29) is 5.91 Å². The molecule has 0 atom stereocenters. The number of likely N-dealkylation sites (tertiary alicyclic amines) is 1. The molecule has 7 heteroatoms. The van der Waals surface area contributed by atoms with Gasteiger partial charge in [-0.1, -0.05) is 56.3 Å². The fourth-order valence-electron chi connectivity index (χ4n) is 3.78. The maximum absolute atomic E-state index is 12.7. The first kappa shape index (κ1) is 23.9. The number of anilines is 1. The largest absolute Gasteiger partial charge is 0.356 e. The summed E-state index contributed by atoms with van der Waals surface area (Å²) in [5.41, 5.74) is 1.90. The number of carbonyl (C=O) groups excluding carboxylic acids is 1. The van der Waals surface area contributed by atoms with Gasteiger partial charge in [0.2, 0.25) is 0 Å². The van der Waals surface area contributed by atoms with Gasteiger partial charge in [-0.25, -0.2) is 9.97 Å². The zero-order chi connectivity index (χ0) is 22.2. The van der Waals surface area contributed by atoms with Gasteiger partial charge in [-0.05, 0) is 49.3 Å². The number of piperidine rings is 1. The molecule has 1 fully saturated rings. The summed E-state index contributed by atoms with van der Waals surface area (Å²) in [6.45, 7) is 10.2. The SMILES string of the molecule is CCCN(CCC)c1cc(Cl)nc(SCc2ccc(C(=O)N3CCC(C)CC3)cc2)n1. The van der Waals surface area contributed by atoms with Crippen molar-refractivity contribution in [1.29, 1.82) is 0 Å². The van der Waals surface area contributed by atoms with Crippen LogP contribution in [-0.2, 0) is 5.75 Å². The number of nitrogens with zero attached hydrogens (tertiary/aromatic N) is 4. The number of aromatic nitrogens is 2. The second-order valence-electron chi connectivity index (χ2n) is 8.28. The molecular formula is C24H33ClN4OS. The summed E-state index contributed by atoms with van der Waals surface area (Å²) in [6, 6.07) is 9.77. The Morgan fingerprint density at radius 2 is 1.77 bits per heavy atom. The van der Waals surface area contributed by atoms with E-state index in [4.69, 9.17) is 16.6 Å². The number of benzene rings is 1. The average Bonchev–Trinajstić information content (AvgIpc) is 2.77. The summed E-state index contributed by atoms with van der Waals surface area (Å²) in [6.07, 6.45) is 4.31. The lowest BCUT2D eigenvalue weighted by atomic mass is 9.98. The molecule has 0 unspecified atom stereocenters. The van der Waals surface area contributed by atoms with Crippen molar-refractivity contribution < 1.29 is 4.79 Å². The molecule has 1 aromatic heterocycles. The molecule has 1 aliphatic heterocycles. The van der Waals surface area contributed by atoms with Crippen molar-refractivity contribution in [3.63, 3.8) is 0 Å². The Bertz CT molecular complexity index is 847. The highest BCUT2D eigenvalue weighted by atomic mass is 35.5. The second kappa shape index (κ2) is 11.7. The van der Waals surface area contributed by atoms with E-state index in [1.54, 1.807) is 11.8 Å². The number of hydrogen-bond donors (Lipinski definition) is 0. The first-order valence-corrected chi connectivity index (χ1v) is 12.7. The first-order chi connectivity index (χ1) is 15.0. The highest BCUT2D eigenvalue weighted by molar-refractivity contribution is 7.98. The van der Waals surface area contributed by atoms with Crippen molar-refractivity contribution in [2.24, 2.45) is 5.92 Å². The Labute approximate surface area is 195 Å². The van der Waals surface area contributed by atoms with Crippen molar-refractivity contribution in [3.05, 3.63) is 46.6 Å². The molecule has 3 rings (SSSR count). The summed E-state index contributed by atoms with van der Waals surface area (Å²) >= 11 is 7.85. The van der Waals surface area contributed by atoms with Gasteiger partial charge < -0.3 is 9.80 Å². The molecule has 0 aliphatic carbocycles. The van der Waals surface area contributed by atoms with E-state index >= 15 is 0 Å². The molecular weight excluding hydrogens is 428 g/mol. The molecule has 2 heterocycles. The van der Waals surface area contributed by atoms with E-state index < -0.39 is 0 Å². The molecule has 0 N–H and O–H groups in total. The fourth-order valence-corrected chi connectivity index (χ4v) is 4.82. The van der Waals surface area contributed by atoms with Crippen LogP contribution in [0.2, 0.25) is 5.15 Å². The van der Waals surface area contributed by atoms with Gasteiger partial charge in [0, 0.05) is 43.6 Å². The van der Waals surface area contributed by atoms with Gasteiger partial charge in [-0.3, -0.25) is 4.79 Å². The van der Waals surface area contributed by atoms with Crippen LogP contribution in [0.5, 0.6) is 0 Å². The summed E-state index contributed by atoms with van der Waals surface area (Å²) in [4.78, 5) is 26.1.